The first kappa shape index (κ1) is 16.1. The van der Waals surface area contributed by atoms with Gasteiger partial charge in [-0.1, -0.05) is 6.07 Å². The Labute approximate surface area is 124 Å². The zero-order chi connectivity index (χ0) is 16.4. The Hall–Kier alpha value is -2.29. The van der Waals surface area contributed by atoms with Gasteiger partial charge in [0.15, 0.2) is 0 Å². The van der Waals surface area contributed by atoms with Gasteiger partial charge in [-0.3, -0.25) is 4.72 Å². The van der Waals surface area contributed by atoms with E-state index in [0.717, 1.165) is 12.1 Å². The number of nitrogens with zero attached hydrogens (tertiary/aromatic N) is 1. The Bertz CT molecular complexity index is 759. The van der Waals surface area contributed by atoms with Gasteiger partial charge >= 0.3 is 6.18 Å². The number of sulfonamides is 1. The number of rotatable bonds is 4. The standard InChI is InChI=1S/C13H11F3N2O3S/c1-21-12-4-2-3-11(17-12)18-22(19,20)10-7-5-9(6-8-10)13(14,15)16/h2-8H,1H3,(H,17,18). The van der Waals surface area contributed by atoms with Gasteiger partial charge in [0.1, 0.15) is 5.82 Å². The van der Waals surface area contributed by atoms with Gasteiger partial charge in [-0.15, -0.1) is 0 Å². The van der Waals surface area contributed by atoms with E-state index in [-0.39, 0.29) is 16.6 Å². The first-order valence-corrected chi connectivity index (χ1v) is 7.42. The van der Waals surface area contributed by atoms with Crippen LogP contribution in [0, 0.1) is 0 Å². The first-order chi connectivity index (χ1) is 10.2. The van der Waals surface area contributed by atoms with Crippen molar-refractivity contribution in [3.8, 4) is 5.88 Å². The number of ether oxygens (including phenoxy) is 1. The number of halogens is 3. The summed E-state index contributed by atoms with van der Waals surface area (Å²) < 4.78 is 68.6. The Balaban J connectivity index is 2.26. The lowest BCUT2D eigenvalue weighted by Gasteiger charge is -2.10. The molecule has 0 saturated heterocycles. The third-order valence-electron chi connectivity index (χ3n) is 2.66. The average Bonchev–Trinajstić information content (AvgIpc) is 2.46. The van der Waals surface area contributed by atoms with Crippen LogP contribution in [0.3, 0.4) is 0 Å². The third-order valence-corrected chi connectivity index (χ3v) is 4.03. The van der Waals surface area contributed by atoms with Crippen molar-refractivity contribution in [1.29, 1.82) is 0 Å². The lowest BCUT2D eigenvalue weighted by Crippen LogP contribution is -2.14. The van der Waals surface area contributed by atoms with Gasteiger partial charge in [-0.2, -0.15) is 18.2 Å². The van der Waals surface area contributed by atoms with Crippen LogP contribution in [0.4, 0.5) is 19.0 Å². The van der Waals surface area contributed by atoms with E-state index in [1.54, 1.807) is 0 Å². The molecule has 2 aromatic rings. The zero-order valence-corrected chi connectivity index (χ0v) is 12.1. The first-order valence-electron chi connectivity index (χ1n) is 5.93. The van der Waals surface area contributed by atoms with Crippen LogP contribution in [0.1, 0.15) is 5.56 Å². The van der Waals surface area contributed by atoms with Crippen LogP contribution >= 0.6 is 0 Å². The number of hydrogen-bond donors (Lipinski definition) is 1. The Morgan fingerprint density at radius 1 is 1.09 bits per heavy atom. The second-order valence-corrected chi connectivity index (χ2v) is 5.88. The molecular weight excluding hydrogens is 321 g/mol. The summed E-state index contributed by atoms with van der Waals surface area (Å²) in [6, 6.07) is 7.61. The predicted octanol–water partition coefficient (Wildman–Crippen LogP) is 2.91. The molecule has 0 spiro atoms. The Kier molecular flexibility index (Phi) is 4.27. The van der Waals surface area contributed by atoms with Crippen LogP contribution in [0.25, 0.3) is 0 Å². The van der Waals surface area contributed by atoms with Crippen LogP contribution in [-0.2, 0) is 16.2 Å². The van der Waals surface area contributed by atoms with Gasteiger partial charge < -0.3 is 4.74 Å². The monoisotopic (exact) mass is 332 g/mol. The van der Waals surface area contributed by atoms with Crippen molar-refractivity contribution in [1.82, 2.24) is 4.98 Å². The quantitative estimate of drug-likeness (QED) is 0.935. The maximum Gasteiger partial charge on any atom is 0.416 e. The Morgan fingerprint density at radius 3 is 2.27 bits per heavy atom. The molecule has 0 aliphatic heterocycles. The zero-order valence-electron chi connectivity index (χ0n) is 11.3. The van der Waals surface area contributed by atoms with Crippen molar-refractivity contribution >= 4 is 15.8 Å². The summed E-state index contributed by atoms with van der Waals surface area (Å²) in [4.78, 5) is 3.57. The predicted molar refractivity (Wildman–Crippen MR) is 73.0 cm³/mol. The van der Waals surface area contributed by atoms with Crippen LogP contribution in [0.2, 0.25) is 0 Å². The fourth-order valence-corrected chi connectivity index (χ4v) is 2.61. The van der Waals surface area contributed by atoms with Crippen molar-refractivity contribution in [3.05, 3.63) is 48.0 Å². The van der Waals surface area contributed by atoms with E-state index in [4.69, 9.17) is 4.74 Å². The number of anilines is 1. The molecule has 1 aromatic heterocycles. The second-order valence-electron chi connectivity index (χ2n) is 4.19. The number of alkyl halides is 3. The highest BCUT2D eigenvalue weighted by molar-refractivity contribution is 7.92. The van der Waals surface area contributed by atoms with E-state index in [1.165, 1.54) is 25.3 Å². The van der Waals surface area contributed by atoms with Crippen molar-refractivity contribution in [3.63, 3.8) is 0 Å². The summed E-state index contributed by atoms with van der Waals surface area (Å²) in [5.41, 5.74) is -0.925. The number of nitrogens with one attached hydrogen (secondary N) is 1. The molecule has 0 bridgehead atoms. The van der Waals surface area contributed by atoms with Gasteiger partial charge in [0.05, 0.1) is 17.6 Å². The van der Waals surface area contributed by atoms with Crippen molar-refractivity contribution in [2.75, 3.05) is 11.8 Å². The van der Waals surface area contributed by atoms with Gasteiger partial charge in [0.25, 0.3) is 10.0 Å². The van der Waals surface area contributed by atoms with E-state index < -0.39 is 21.8 Å². The molecule has 2 rings (SSSR count). The number of hydrogen-bond acceptors (Lipinski definition) is 4. The third kappa shape index (κ3) is 3.67. The number of pyridine rings is 1. The molecule has 1 aromatic carbocycles. The summed E-state index contributed by atoms with van der Waals surface area (Å²) in [5, 5.41) is 0. The second kappa shape index (κ2) is 5.84. The largest absolute Gasteiger partial charge is 0.481 e. The molecule has 0 aliphatic rings. The van der Waals surface area contributed by atoms with E-state index >= 15 is 0 Å². The average molecular weight is 332 g/mol. The molecule has 0 unspecified atom stereocenters. The van der Waals surface area contributed by atoms with E-state index in [1.807, 2.05) is 0 Å². The smallest absolute Gasteiger partial charge is 0.416 e. The molecule has 0 fully saturated rings. The summed E-state index contributed by atoms with van der Waals surface area (Å²) in [6.45, 7) is 0. The van der Waals surface area contributed by atoms with Crippen LogP contribution in [-0.4, -0.2) is 20.5 Å². The molecule has 0 atom stereocenters. The Morgan fingerprint density at radius 2 is 1.73 bits per heavy atom. The molecular formula is C13H11F3N2O3S. The minimum atomic E-state index is -4.52. The maximum atomic E-state index is 12.5. The van der Waals surface area contributed by atoms with Crippen LogP contribution < -0.4 is 9.46 Å². The van der Waals surface area contributed by atoms with Gasteiger partial charge in [-0.25, -0.2) is 8.42 Å². The lowest BCUT2D eigenvalue weighted by atomic mass is 10.2. The summed E-state index contributed by atoms with van der Waals surface area (Å²) in [5.74, 6) is 0.201. The molecule has 1 heterocycles. The minimum Gasteiger partial charge on any atom is -0.481 e. The fraction of sp³-hybridized carbons (Fsp3) is 0.154. The molecule has 1 N–H and O–H groups in total. The van der Waals surface area contributed by atoms with Crippen molar-refractivity contribution in [2.24, 2.45) is 0 Å². The minimum absolute atomic E-state index is 0.000696. The lowest BCUT2D eigenvalue weighted by molar-refractivity contribution is -0.137. The molecule has 5 nitrogen and oxygen atoms in total. The van der Waals surface area contributed by atoms with Crippen molar-refractivity contribution < 1.29 is 26.3 Å². The highest BCUT2D eigenvalue weighted by Crippen LogP contribution is 2.30. The SMILES string of the molecule is COc1cccc(NS(=O)(=O)c2ccc(C(F)(F)F)cc2)n1. The van der Waals surface area contributed by atoms with Crippen LogP contribution in [0.5, 0.6) is 5.88 Å². The molecule has 118 valence electrons. The van der Waals surface area contributed by atoms with Gasteiger partial charge in [0.2, 0.25) is 5.88 Å². The number of aromatic nitrogens is 1. The summed E-state index contributed by atoms with van der Waals surface area (Å²) in [7, 11) is -2.66. The van der Waals surface area contributed by atoms with E-state index in [9.17, 15) is 21.6 Å². The highest BCUT2D eigenvalue weighted by atomic mass is 32.2. The topological polar surface area (TPSA) is 68.3 Å². The van der Waals surface area contributed by atoms with E-state index in [0.29, 0.717) is 12.1 Å². The van der Waals surface area contributed by atoms with E-state index in [2.05, 4.69) is 9.71 Å². The molecule has 9 heteroatoms. The number of methoxy groups -OCH3 is 1. The molecule has 0 amide bonds. The maximum absolute atomic E-state index is 12.5. The normalized spacial score (nSPS) is 12.0. The van der Waals surface area contributed by atoms with Gasteiger partial charge in [-0.05, 0) is 30.3 Å². The van der Waals surface area contributed by atoms with Crippen LogP contribution in [0.15, 0.2) is 47.4 Å². The summed E-state index contributed by atoms with van der Waals surface area (Å²) >= 11 is 0. The number of benzene rings is 1. The fourth-order valence-electron chi connectivity index (χ4n) is 1.61. The molecule has 0 radical (unpaired) electrons. The molecule has 22 heavy (non-hydrogen) atoms. The summed E-state index contributed by atoms with van der Waals surface area (Å²) in [6.07, 6.45) is -4.52. The van der Waals surface area contributed by atoms with Gasteiger partial charge in [0, 0.05) is 6.07 Å². The molecule has 0 saturated carbocycles. The molecule has 0 aliphatic carbocycles. The highest BCUT2D eigenvalue weighted by Gasteiger charge is 2.30. The van der Waals surface area contributed by atoms with Crippen molar-refractivity contribution in [2.45, 2.75) is 11.1 Å².